The Bertz CT molecular complexity index is 904. The normalized spacial score (nSPS) is 10.6. The van der Waals surface area contributed by atoms with E-state index >= 15 is 0 Å². The van der Waals surface area contributed by atoms with Crippen molar-refractivity contribution in [1.29, 1.82) is 0 Å². The number of carbonyl (C=O) groups excluding carboxylic acids is 2. The Kier molecular flexibility index (Phi) is 8.29. The van der Waals surface area contributed by atoms with Crippen molar-refractivity contribution in [3.8, 4) is 28.4 Å². The highest BCUT2D eigenvalue weighted by Crippen LogP contribution is 2.46. The third-order valence-corrected chi connectivity index (χ3v) is 4.61. The first-order valence-electron chi connectivity index (χ1n) is 9.87. The van der Waals surface area contributed by atoms with Crippen molar-refractivity contribution in [3.63, 3.8) is 0 Å². The summed E-state index contributed by atoms with van der Waals surface area (Å²) < 4.78 is 21.7. The van der Waals surface area contributed by atoms with Crippen LogP contribution in [0.1, 0.15) is 53.7 Å². The summed E-state index contributed by atoms with van der Waals surface area (Å²) in [5.74, 6) is 0.464. The highest BCUT2D eigenvalue weighted by molar-refractivity contribution is 6.10. The van der Waals surface area contributed by atoms with E-state index < -0.39 is 5.97 Å². The Morgan fingerprint density at radius 1 is 1.03 bits per heavy atom. The number of benzene rings is 1. The van der Waals surface area contributed by atoms with E-state index in [4.69, 9.17) is 18.9 Å². The van der Waals surface area contributed by atoms with Crippen LogP contribution in [0.15, 0.2) is 12.1 Å². The van der Waals surface area contributed by atoms with Crippen LogP contribution in [0, 0.1) is 0 Å². The van der Waals surface area contributed by atoms with Gasteiger partial charge in [0.25, 0.3) is 0 Å². The molecule has 2 rings (SSSR count). The number of carbonyl (C=O) groups is 2. The van der Waals surface area contributed by atoms with Gasteiger partial charge in [-0.05, 0) is 38.9 Å². The van der Waals surface area contributed by atoms with Crippen molar-refractivity contribution >= 4 is 11.8 Å². The van der Waals surface area contributed by atoms with Gasteiger partial charge in [-0.3, -0.25) is 4.79 Å². The molecule has 0 fully saturated rings. The molecular formula is C22H30N2O6. The Labute approximate surface area is 176 Å². The Morgan fingerprint density at radius 2 is 1.73 bits per heavy atom. The SMILES string of the molecule is CCCNCc1[nH]c(C(=O)OCC)c(C(C)=O)c1-c1ccc(OC)c(OC)c1OC. The van der Waals surface area contributed by atoms with Crippen LogP contribution in [0.4, 0.5) is 0 Å². The number of hydrogen-bond donors (Lipinski definition) is 2. The van der Waals surface area contributed by atoms with E-state index in [1.807, 2.05) is 0 Å². The summed E-state index contributed by atoms with van der Waals surface area (Å²) in [4.78, 5) is 28.3. The Hall–Kier alpha value is -3.00. The van der Waals surface area contributed by atoms with Crippen LogP contribution >= 0.6 is 0 Å². The molecule has 2 aromatic rings. The van der Waals surface area contributed by atoms with Gasteiger partial charge in [-0.2, -0.15) is 0 Å². The molecule has 0 radical (unpaired) electrons. The van der Waals surface area contributed by atoms with Gasteiger partial charge in [-0.15, -0.1) is 0 Å². The molecule has 8 nitrogen and oxygen atoms in total. The third kappa shape index (κ3) is 4.59. The molecule has 1 aromatic heterocycles. The number of rotatable bonds is 11. The molecule has 0 saturated heterocycles. The number of ketones is 1. The number of H-pyrrole nitrogens is 1. The zero-order valence-electron chi connectivity index (χ0n) is 18.4. The van der Waals surface area contributed by atoms with E-state index in [0.29, 0.717) is 40.6 Å². The highest BCUT2D eigenvalue weighted by Gasteiger charge is 2.29. The molecule has 1 heterocycles. The van der Waals surface area contributed by atoms with Crippen LogP contribution in [-0.4, -0.2) is 51.2 Å². The maximum absolute atomic E-state index is 12.6. The lowest BCUT2D eigenvalue weighted by atomic mass is 9.96. The minimum absolute atomic E-state index is 0.129. The van der Waals surface area contributed by atoms with Crippen molar-refractivity contribution in [2.75, 3.05) is 34.5 Å². The van der Waals surface area contributed by atoms with Gasteiger partial charge >= 0.3 is 5.97 Å². The number of Topliss-reactive ketones (excluding diaryl/α,β-unsaturated/α-hetero) is 1. The lowest BCUT2D eigenvalue weighted by molar-refractivity contribution is 0.0517. The molecule has 0 unspecified atom stereocenters. The van der Waals surface area contributed by atoms with E-state index in [-0.39, 0.29) is 23.6 Å². The predicted molar refractivity (Wildman–Crippen MR) is 114 cm³/mol. The van der Waals surface area contributed by atoms with E-state index in [9.17, 15) is 9.59 Å². The molecular weight excluding hydrogens is 388 g/mol. The largest absolute Gasteiger partial charge is 0.493 e. The lowest BCUT2D eigenvalue weighted by Gasteiger charge is -2.17. The fraction of sp³-hybridized carbons (Fsp3) is 0.455. The number of methoxy groups -OCH3 is 3. The van der Waals surface area contributed by atoms with Gasteiger partial charge in [0.1, 0.15) is 5.69 Å². The smallest absolute Gasteiger partial charge is 0.355 e. The molecule has 164 valence electrons. The molecule has 8 heteroatoms. The number of nitrogens with one attached hydrogen (secondary N) is 2. The van der Waals surface area contributed by atoms with Crippen molar-refractivity contribution in [1.82, 2.24) is 10.3 Å². The first-order valence-corrected chi connectivity index (χ1v) is 9.87. The van der Waals surface area contributed by atoms with E-state index in [2.05, 4.69) is 17.2 Å². The summed E-state index contributed by atoms with van der Waals surface area (Å²) in [6.07, 6.45) is 0.944. The first kappa shape index (κ1) is 23.3. The minimum Gasteiger partial charge on any atom is -0.493 e. The summed E-state index contributed by atoms with van der Waals surface area (Å²) in [6, 6.07) is 3.52. The molecule has 0 aliphatic rings. The van der Waals surface area contributed by atoms with Gasteiger partial charge in [0.2, 0.25) is 5.75 Å². The van der Waals surface area contributed by atoms with Crippen LogP contribution in [0.25, 0.3) is 11.1 Å². The van der Waals surface area contributed by atoms with Crippen LogP contribution in [0.3, 0.4) is 0 Å². The van der Waals surface area contributed by atoms with E-state index in [1.165, 1.54) is 28.3 Å². The second-order valence-corrected chi connectivity index (χ2v) is 6.56. The summed E-state index contributed by atoms with van der Waals surface area (Å²) >= 11 is 0. The van der Waals surface area contributed by atoms with Crippen molar-refractivity contribution in [3.05, 3.63) is 29.1 Å². The monoisotopic (exact) mass is 418 g/mol. The molecule has 1 aromatic carbocycles. The van der Waals surface area contributed by atoms with Crippen molar-refractivity contribution in [2.24, 2.45) is 0 Å². The third-order valence-electron chi connectivity index (χ3n) is 4.61. The fourth-order valence-corrected chi connectivity index (χ4v) is 3.38. The molecule has 0 aliphatic heterocycles. The molecule has 0 bridgehead atoms. The van der Waals surface area contributed by atoms with Gasteiger partial charge in [-0.1, -0.05) is 6.92 Å². The summed E-state index contributed by atoms with van der Waals surface area (Å²) in [6.45, 7) is 6.62. The fourth-order valence-electron chi connectivity index (χ4n) is 3.38. The predicted octanol–water partition coefficient (Wildman–Crippen LogP) is 3.59. The Morgan fingerprint density at radius 3 is 2.27 bits per heavy atom. The van der Waals surface area contributed by atoms with Crippen molar-refractivity contribution < 1.29 is 28.5 Å². The quantitative estimate of drug-likeness (QED) is 0.327. The first-order chi connectivity index (χ1) is 14.4. The van der Waals surface area contributed by atoms with Gasteiger partial charge in [0, 0.05) is 23.4 Å². The summed E-state index contributed by atoms with van der Waals surface area (Å²) in [5.41, 5.74) is 2.26. The second-order valence-electron chi connectivity index (χ2n) is 6.56. The molecule has 0 atom stereocenters. The summed E-state index contributed by atoms with van der Waals surface area (Å²) in [7, 11) is 4.57. The second kappa shape index (κ2) is 10.7. The minimum atomic E-state index is -0.579. The van der Waals surface area contributed by atoms with Gasteiger partial charge in [0.05, 0.1) is 33.5 Å². The average molecular weight is 418 g/mol. The van der Waals surface area contributed by atoms with Gasteiger partial charge in [0.15, 0.2) is 17.3 Å². The number of aromatic nitrogens is 1. The topological polar surface area (TPSA) is 98.9 Å². The number of ether oxygens (including phenoxy) is 4. The van der Waals surface area contributed by atoms with E-state index in [1.54, 1.807) is 19.1 Å². The van der Waals surface area contributed by atoms with Gasteiger partial charge in [-0.25, -0.2) is 4.79 Å². The number of aromatic amines is 1. The van der Waals surface area contributed by atoms with E-state index in [0.717, 1.165) is 13.0 Å². The molecule has 30 heavy (non-hydrogen) atoms. The van der Waals surface area contributed by atoms with Gasteiger partial charge < -0.3 is 29.2 Å². The average Bonchev–Trinajstić information content (AvgIpc) is 3.12. The summed E-state index contributed by atoms with van der Waals surface area (Å²) in [5, 5.41) is 3.31. The zero-order chi connectivity index (χ0) is 22.3. The highest BCUT2D eigenvalue weighted by atomic mass is 16.5. The number of hydrogen-bond acceptors (Lipinski definition) is 7. The maximum Gasteiger partial charge on any atom is 0.355 e. The van der Waals surface area contributed by atoms with Crippen LogP contribution < -0.4 is 19.5 Å². The van der Waals surface area contributed by atoms with Crippen LogP contribution in [0.2, 0.25) is 0 Å². The standard InChI is InChI=1S/C22H30N2O6/c1-7-11-23-12-15-18(17(13(3)25)19(24-15)22(26)30-8-2)14-9-10-16(27-4)21(29-6)20(14)28-5/h9-10,23-24H,7-8,11-12H2,1-6H3. The number of esters is 1. The molecule has 0 amide bonds. The van der Waals surface area contributed by atoms with Crippen LogP contribution in [-0.2, 0) is 11.3 Å². The van der Waals surface area contributed by atoms with Crippen LogP contribution in [0.5, 0.6) is 17.2 Å². The maximum atomic E-state index is 12.6. The molecule has 0 spiro atoms. The zero-order valence-corrected chi connectivity index (χ0v) is 18.4. The Balaban J connectivity index is 2.82. The lowest BCUT2D eigenvalue weighted by Crippen LogP contribution is -2.15. The van der Waals surface area contributed by atoms with Crippen molar-refractivity contribution in [2.45, 2.75) is 33.7 Å². The molecule has 0 saturated carbocycles. The molecule has 2 N–H and O–H groups in total. The molecule has 0 aliphatic carbocycles.